The number of methoxy groups -OCH3 is 2. The van der Waals surface area contributed by atoms with Crippen LogP contribution in [0.15, 0.2) is 51.8 Å². The third-order valence-corrected chi connectivity index (χ3v) is 5.06. The number of hydrogen-bond acceptors (Lipinski definition) is 6. The fourth-order valence-corrected chi connectivity index (χ4v) is 3.64. The Balaban J connectivity index is 1.77. The molecule has 0 saturated carbocycles. The molecule has 0 aliphatic carbocycles. The molecule has 0 fully saturated rings. The van der Waals surface area contributed by atoms with Crippen molar-refractivity contribution in [1.29, 1.82) is 0 Å². The number of fused-ring (bicyclic) bond motifs is 1. The molecular formula is C17H17N3O5S. The summed E-state index contributed by atoms with van der Waals surface area (Å²) in [6, 6.07) is 11.3. The van der Waals surface area contributed by atoms with Crippen molar-refractivity contribution in [1.82, 2.24) is 0 Å². The fourth-order valence-electron chi connectivity index (χ4n) is 2.49. The van der Waals surface area contributed by atoms with Crippen LogP contribution in [0, 0.1) is 0 Å². The summed E-state index contributed by atoms with van der Waals surface area (Å²) in [4.78, 5) is 12.4. The van der Waals surface area contributed by atoms with Crippen molar-refractivity contribution >= 4 is 33.1 Å². The summed E-state index contributed by atoms with van der Waals surface area (Å²) < 4.78 is 38.4. The van der Waals surface area contributed by atoms with Gasteiger partial charge in [0.1, 0.15) is 22.2 Å². The summed E-state index contributed by atoms with van der Waals surface area (Å²) >= 11 is 0. The van der Waals surface area contributed by atoms with Crippen molar-refractivity contribution in [2.24, 2.45) is 4.40 Å². The highest BCUT2D eigenvalue weighted by molar-refractivity contribution is 7.90. The average molecular weight is 375 g/mol. The highest BCUT2D eigenvalue weighted by Gasteiger charge is 2.25. The lowest BCUT2D eigenvalue weighted by Crippen LogP contribution is -2.26. The van der Waals surface area contributed by atoms with Gasteiger partial charge in [-0.25, -0.2) is 0 Å². The largest absolute Gasteiger partial charge is 0.497 e. The molecule has 2 aromatic carbocycles. The predicted molar refractivity (Wildman–Crippen MR) is 97.5 cm³/mol. The first-order valence-electron chi connectivity index (χ1n) is 7.64. The molecule has 1 aliphatic rings. The van der Waals surface area contributed by atoms with Crippen LogP contribution in [0.5, 0.6) is 11.5 Å². The molecule has 136 valence electrons. The van der Waals surface area contributed by atoms with Gasteiger partial charge in [0.2, 0.25) is 5.91 Å². The Morgan fingerprint density at radius 3 is 2.65 bits per heavy atom. The minimum atomic E-state index is -3.83. The van der Waals surface area contributed by atoms with E-state index in [1.54, 1.807) is 36.4 Å². The van der Waals surface area contributed by atoms with Crippen LogP contribution in [0.1, 0.15) is 6.42 Å². The lowest BCUT2D eigenvalue weighted by molar-refractivity contribution is -0.115. The first-order valence-corrected chi connectivity index (χ1v) is 9.09. The molecule has 0 spiro atoms. The molecule has 2 N–H and O–H groups in total. The molecule has 0 bridgehead atoms. The fraction of sp³-hybridized carbons (Fsp3) is 0.176. The standard InChI is InChI=1S/C17H17N3O5S/c1-24-11-7-8-12(14(9-11)25-2)19-17(21)10-16-18-13-5-3-4-6-15(13)26(22,23)20-16/h3-9H,10H2,1-2H3,(H,18,20)(H,19,21). The van der Waals surface area contributed by atoms with Crippen molar-refractivity contribution in [2.75, 3.05) is 24.9 Å². The maximum atomic E-state index is 12.3. The maximum absolute atomic E-state index is 12.3. The Morgan fingerprint density at radius 1 is 1.15 bits per heavy atom. The van der Waals surface area contributed by atoms with Crippen molar-refractivity contribution in [2.45, 2.75) is 11.3 Å². The quantitative estimate of drug-likeness (QED) is 0.830. The number of sulfonamides is 1. The third-order valence-electron chi connectivity index (χ3n) is 3.69. The Hall–Kier alpha value is -3.07. The minimum absolute atomic E-state index is 0.0497. The van der Waals surface area contributed by atoms with Gasteiger partial charge in [0.25, 0.3) is 10.0 Å². The van der Waals surface area contributed by atoms with Crippen LogP contribution in [0.2, 0.25) is 0 Å². The molecule has 8 nitrogen and oxygen atoms in total. The van der Waals surface area contributed by atoms with Gasteiger partial charge < -0.3 is 20.1 Å². The van der Waals surface area contributed by atoms with E-state index < -0.39 is 15.9 Å². The maximum Gasteiger partial charge on any atom is 0.286 e. The first kappa shape index (κ1) is 17.7. The Labute approximate surface area is 150 Å². The van der Waals surface area contributed by atoms with Crippen molar-refractivity contribution < 1.29 is 22.7 Å². The lowest BCUT2D eigenvalue weighted by Gasteiger charge is -2.18. The van der Waals surface area contributed by atoms with Crippen LogP contribution in [-0.4, -0.2) is 34.4 Å². The van der Waals surface area contributed by atoms with E-state index in [-0.39, 0.29) is 17.2 Å². The normalized spacial score (nSPS) is 14.5. The van der Waals surface area contributed by atoms with Gasteiger partial charge in [-0.05, 0) is 24.3 Å². The van der Waals surface area contributed by atoms with Gasteiger partial charge in [-0.2, -0.15) is 8.42 Å². The second-order valence-electron chi connectivity index (χ2n) is 5.43. The van der Waals surface area contributed by atoms with Crippen LogP contribution >= 0.6 is 0 Å². The number of hydrogen-bond donors (Lipinski definition) is 2. The number of ether oxygens (including phenoxy) is 2. The average Bonchev–Trinajstić information content (AvgIpc) is 2.61. The number of amides is 1. The van der Waals surface area contributed by atoms with Gasteiger partial charge in [-0.3, -0.25) is 4.79 Å². The topological polar surface area (TPSA) is 106 Å². The van der Waals surface area contributed by atoms with E-state index in [0.717, 1.165) is 0 Å². The monoisotopic (exact) mass is 375 g/mol. The summed E-state index contributed by atoms with van der Waals surface area (Å²) in [5.41, 5.74) is 0.838. The number of amidine groups is 1. The van der Waals surface area contributed by atoms with E-state index in [9.17, 15) is 13.2 Å². The summed E-state index contributed by atoms with van der Waals surface area (Å²) in [7, 11) is -0.828. The number of carbonyl (C=O) groups excluding carboxylic acids is 1. The molecule has 1 heterocycles. The molecule has 2 aromatic rings. The Morgan fingerprint density at radius 2 is 1.92 bits per heavy atom. The van der Waals surface area contributed by atoms with Crippen molar-refractivity contribution in [3.05, 3.63) is 42.5 Å². The number of anilines is 2. The van der Waals surface area contributed by atoms with Crippen LogP contribution in [-0.2, 0) is 14.8 Å². The van der Waals surface area contributed by atoms with Crippen LogP contribution in [0.4, 0.5) is 11.4 Å². The number of nitrogens with zero attached hydrogens (tertiary/aromatic N) is 1. The van der Waals surface area contributed by atoms with Gasteiger partial charge >= 0.3 is 0 Å². The van der Waals surface area contributed by atoms with Crippen molar-refractivity contribution in [3.63, 3.8) is 0 Å². The van der Waals surface area contributed by atoms with E-state index in [1.165, 1.54) is 20.3 Å². The Bertz CT molecular complexity index is 986. The SMILES string of the molecule is COc1ccc(NC(=O)CC2=NS(=O)(=O)c3ccccc3N2)c(OC)c1. The molecule has 1 aliphatic heterocycles. The van der Waals surface area contributed by atoms with Crippen LogP contribution in [0.3, 0.4) is 0 Å². The highest BCUT2D eigenvalue weighted by Crippen LogP contribution is 2.30. The first-order chi connectivity index (χ1) is 12.4. The van der Waals surface area contributed by atoms with E-state index >= 15 is 0 Å². The van der Waals surface area contributed by atoms with E-state index in [0.29, 0.717) is 22.9 Å². The smallest absolute Gasteiger partial charge is 0.286 e. The second kappa shape index (κ2) is 7.04. The third kappa shape index (κ3) is 3.62. The molecule has 3 rings (SSSR count). The number of carbonyl (C=O) groups is 1. The van der Waals surface area contributed by atoms with Crippen LogP contribution < -0.4 is 20.1 Å². The number of benzene rings is 2. The van der Waals surface area contributed by atoms with E-state index in [2.05, 4.69) is 15.0 Å². The molecule has 26 heavy (non-hydrogen) atoms. The zero-order valence-electron chi connectivity index (χ0n) is 14.1. The van der Waals surface area contributed by atoms with E-state index in [1.807, 2.05) is 0 Å². The number of para-hydroxylation sites is 1. The lowest BCUT2D eigenvalue weighted by atomic mass is 10.2. The molecule has 1 amide bonds. The molecule has 0 radical (unpaired) electrons. The highest BCUT2D eigenvalue weighted by atomic mass is 32.2. The van der Waals surface area contributed by atoms with Gasteiger partial charge in [-0.15, -0.1) is 4.40 Å². The zero-order chi connectivity index (χ0) is 18.7. The number of nitrogens with one attached hydrogen (secondary N) is 2. The zero-order valence-corrected chi connectivity index (χ0v) is 15.0. The van der Waals surface area contributed by atoms with Gasteiger partial charge in [0, 0.05) is 6.07 Å². The molecule has 0 aromatic heterocycles. The van der Waals surface area contributed by atoms with Gasteiger partial charge in [-0.1, -0.05) is 12.1 Å². The van der Waals surface area contributed by atoms with Gasteiger partial charge in [0.15, 0.2) is 0 Å². The summed E-state index contributed by atoms with van der Waals surface area (Å²) in [6.45, 7) is 0. The molecule has 9 heteroatoms. The number of rotatable bonds is 5. The van der Waals surface area contributed by atoms with Crippen LogP contribution in [0.25, 0.3) is 0 Å². The summed E-state index contributed by atoms with van der Waals surface area (Å²) in [5, 5.41) is 5.55. The summed E-state index contributed by atoms with van der Waals surface area (Å²) in [6.07, 6.45) is -0.233. The predicted octanol–water partition coefficient (Wildman–Crippen LogP) is 2.25. The molecule has 0 atom stereocenters. The summed E-state index contributed by atoms with van der Waals surface area (Å²) in [5.74, 6) is 0.623. The molecular weight excluding hydrogens is 358 g/mol. The van der Waals surface area contributed by atoms with Gasteiger partial charge in [0.05, 0.1) is 32.0 Å². The van der Waals surface area contributed by atoms with Crippen molar-refractivity contribution in [3.8, 4) is 11.5 Å². The molecule has 0 unspecified atom stereocenters. The second-order valence-corrected chi connectivity index (χ2v) is 7.00. The Kier molecular flexibility index (Phi) is 4.81. The van der Waals surface area contributed by atoms with E-state index in [4.69, 9.17) is 9.47 Å². The molecule has 0 saturated heterocycles. The minimum Gasteiger partial charge on any atom is -0.497 e.